The van der Waals surface area contributed by atoms with Gasteiger partial charge in [-0.2, -0.15) is 13.2 Å². The van der Waals surface area contributed by atoms with Crippen molar-refractivity contribution in [3.63, 3.8) is 0 Å². The van der Waals surface area contributed by atoms with E-state index in [2.05, 4.69) is 15.0 Å². The first-order chi connectivity index (χ1) is 9.86. The van der Waals surface area contributed by atoms with Crippen molar-refractivity contribution >= 4 is 23.4 Å². The van der Waals surface area contributed by atoms with Crippen LogP contribution in [0.25, 0.3) is 16.7 Å². The van der Waals surface area contributed by atoms with E-state index in [1.54, 1.807) is 0 Å². The monoisotopic (exact) mass is 350 g/mol. The molecule has 0 fully saturated rings. The van der Waals surface area contributed by atoms with E-state index >= 15 is 0 Å². The summed E-state index contributed by atoms with van der Waals surface area (Å²) in [5.41, 5.74) is -3.09. The van der Waals surface area contributed by atoms with Crippen LogP contribution >= 0.6 is 12.4 Å². The van der Waals surface area contributed by atoms with Gasteiger partial charge in [0.05, 0.1) is 28.6 Å². The van der Waals surface area contributed by atoms with E-state index in [9.17, 15) is 22.8 Å². The Morgan fingerprint density at radius 3 is 2.09 bits per heavy atom. The Bertz CT molecular complexity index is 931. The van der Waals surface area contributed by atoms with Gasteiger partial charge in [-0.15, -0.1) is 12.4 Å². The average molecular weight is 351 g/mol. The van der Waals surface area contributed by atoms with E-state index < -0.39 is 22.9 Å². The topological polar surface area (TPSA) is 115 Å². The maximum absolute atomic E-state index is 13.2. The van der Waals surface area contributed by atoms with Crippen LogP contribution in [0.2, 0.25) is 0 Å². The molecule has 11 heteroatoms. The molecule has 3 aromatic rings. The number of imidazole rings is 1. The normalized spacial score (nSPS) is 10.9. The summed E-state index contributed by atoms with van der Waals surface area (Å²) < 4.78 is 40.6. The van der Waals surface area contributed by atoms with Crippen LogP contribution in [0.15, 0.2) is 40.4 Å². The van der Waals surface area contributed by atoms with Crippen LogP contribution in [-0.2, 0) is 6.18 Å². The Kier molecular flexibility index (Phi) is 5.03. The molecule has 1 aromatic carbocycles. The summed E-state index contributed by atoms with van der Waals surface area (Å²) in [7, 11) is 0. The Hall–Kier alpha value is -2.59. The molecule has 0 aliphatic rings. The van der Waals surface area contributed by atoms with Gasteiger partial charge in [-0.05, 0) is 12.1 Å². The number of alkyl halides is 3. The van der Waals surface area contributed by atoms with Crippen LogP contribution in [0.3, 0.4) is 0 Å². The maximum Gasteiger partial charge on any atom is 0.418 e. The molecule has 0 radical (unpaired) electrons. The van der Waals surface area contributed by atoms with Gasteiger partial charge >= 0.3 is 17.3 Å². The summed E-state index contributed by atoms with van der Waals surface area (Å²) in [6.07, 6.45) is -0.735. The van der Waals surface area contributed by atoms with E-state index in [0.717, 1.165) is 12.1 Å². The fraction of sp³-hybridized carbons (Fsp3) is 0.0833. The third-order valence-electron chi connectivity index (χ3n) is 2.93. The Balaban J connectivity index is 0.00000132. The van der Waals surface area contributed by atoms with Crippen molar-refractivity contribution in [2.75, 3.05) is 0 Å². The molecule has 0 amide bonds. The van der Waals surface area contributed by atoms with Crippen LogP contribution < -0.4 is 11.1 Å². The fourth-order valence-corrected chi connectivity index (χ4v) is 2.00. The summed E-state index contributed by atoms with van der Waals surface area (Å²) in [6, 6.07) is 1.92. The van der Waals surface area contributed by atoms with E-state index in [4.69, 9.17) is 0 Å². The molecule has 0 aliphatic carbocycles. The standard InChI is InChI=1S/C12H7F3N4O2.ClH.H2O/c13-12(14,15)6-3-7-8(18-11(21)10(20)17-7)4-9(6)19-2-1-16-5-19;;/h1-5H,(H,17,20)(H,18,21);1H;1H2. The summed E-state index contributed by atoms with van der Waals surface area (Å²) in [5, 5.41) is 0. The fourth-order valence-electron chi connectivity index (χ4n) is 2.00. The second-order valence-electron chi connectivity index (χ2n) is 4.29. The predicted octanol–water partition coefficient (Wildman–Crippen LogP) is 1.02. The average Bonchev–Trinajstić information content (AvgIpc) is 2.91. The minimum absolute atomic E-state index is 0. The zero-order valence-corrected chi connectivity index (χ0v) is 12.0. The van der Waals surface area contributed by atoms with Gasteiger partial charge in [-0.3, -0.25) is 9.59 Å². The number of aromatic amines is 2. The number of benzene rings is 1. The van der Waals surface area contributed by atoms with Crippen LogP contribution in [0.4, 0.5) is 13.2 Å². The maximum atomic E-state index is 13.2. The minimum atomic E-state index is -4.62. The molecule has 0 aliphatic heterocycles. The number of halogens is 4. The summed E-state index contributed by atoms with van der Waals surface area (Å²) in [4.78, 5) is 30.5. The SMILES string of the molecule is Cl.O.O=c1[nH]c2cc(-n3ccnc3)c(C(F)(F)F)cc2[nH]c1=O. The van der Waals surface area contributed by atoms with Crippen LogP contribution in [-0.4, -0.2) is 25.0 Å². The first kappa shape index (κ1) is 18.5. The lowest BCUT2D eigenvalue weighted by atomic mass is 10.1. The van der Waals surface area contributed by atoms with Gasteiger partial charge in [-0.25, -0.2) is 4.98 Å². The molecule has 4 N–H and O–H groups in total. The highest BCUT2D eigenvalue weighted by Crippen LogP contribution is 2.35. The molecular weight excluding hydrogens is 341 g/mol. The Morgan fingerprint density at radius 1 is 1.04 bits per heavy atom. The number of nitrogens with one attached hydrogen (secondary N) is 2. The quantitative estimate of drug-likeness (QED) is 0.638. The number of aromatic nitrogens is 4. The lowest BCUT2D eigenvalue weighted by Crippen LogP contribution is -2.29. The van der Waals surface area contributed by atoms with Gasteiger partial charge in [0.2, 0.25) is 0 Å². The van der Waals surface area contributed by atoms with Gasteiger partial charge in [0, 0.05) is 12.4 Å². The molecule has 2 aromatic heterocycles. The number of nitrogens with zero attached hydrogens (tertiary/aromatic N) is 2. The highest BCUT2D eigenvalue weighted by molar-refractivity contribution is 5.85. The number of hydrogen-bond donors (Lipinski definition) is 2. The van der Waals surface area contributed by atoms with Gasteiger partial charge in [0.25, 0.3) is 0 Å². The first-order valence-corrected chi connectivity index (χ1v) is 5.72. The molecule has 0 saturated heterocycles. The summed E-state index contributed by atoms with van der Waals surface area (Å²) in [6.45, 7) is 0. The smallest absolute Gasteiger partial charge is 0.412 e. The molecule has 3 rings (SSSR count). The van der Waals surface area contributed by atoms with Crippen molar-refractivity contribution in [1.82, 2.24) is 19.5 Å². The van der Waals surface area contributed by atoms with Gasteiger partial charge < -0.3 is 20.0 Å². The van der Waals surface area contributed by atoms with Gasteiger partial charge in [0.1, 0.15) is 0 Å². The number of hydrogen-bond acceptors (Lipinski definition) is 3. The second kappa shape index (κ2) is 6.26. The van der Waals surface area contributed by atoms with Crippen molar-refractivity contribution in [2.45, 2.75) is 6.18 Å². The van der Waals surface area contributed by atoms with E-state index in [1.165, 1.54) is 23.3 Å². The summed E-state index contributed by atoms with van der Waals surface area (Å²) in [5.74, 6) is 0. The van der Waals surface area contributed by atoms with Crippen molar-refractivity contribution in [3.8, 4) is 5.69 Å². The molecule has 2 heterocycles. The van der Waals surface area contributed by atoms with Crippen molar-refractivity contribution < 1.29 is 18.6 Å². The Morgan fingerprint density at radius 2 is 1.61 bits per heavy atom. The lowest BCUT2D eigenvalue weighted by molar-refractivity contribution is -0.137. The van der Waals surface area contributed by atoms with Crippen LogP contribution in [0.5, 0.6) is 0 Å². The lowest BCUT2D eigenvalue weighted by Gasteiger charge is -2.14. The first-order valence-electron chi connectivity index (χ1n) is 5.72. The predicted molar refractivity (Wildman–Crippen MR) is 78.2 cm³/mol. The van der Waals surface area contributed by atoms with Crippen LogP contribution in [0, 0.1) is 0 Å². The van der Waals surface area contributed by atoms with Gasteiger partial charge in [0.15, 0.2) is 0 Å². The number of H-pyrrole nitrogens is 2. The Labute approximate surface area is 131 Å². The third-order valence-corrected chi connectivity index (χ3v) is 2.93. The molecule has 7 nitrogen and oxygen atoms in total. The van der Waals surface area contributed by atoms with Crippen molar-refractivity contribution in [1.29, 1.82) is 0 Å². The summed E-state index contributed by atoms with van der Waals surface area (Å²) >= 11 is 0. The molecule has 0 unspecified atom stereocenters. The minimum Gasteiger partial charge on any atom is -0.412 e. The van der Waals surface area contributed by atoms with Crippen molar-refractivity contribution in [2.24, 2.45) is 0 Å². The van der Waals surface area contributed by atoms with E-state index in [-0.39, 0.29) is 34.6 Å². The zero-order chi connectivity index (χ0) is 15.2. The largest absolute Gasteiger partial charge is 0.418 e. The van der Waals surface area contributed by atoms with E-state index in [0.29, 0.717) is 0 Å². The molecule has 0 bridgehead atoms. The molecule has 0 saturated carbocycles. The third kappa shape index (κ3) is 3.27. The molecular formula is C12H10ClF3N4O3. The highest BCUT2D eigenvalue weighted by Gasteiger charge is 2.34. The number of fused-ring (bicyclic) bond motifs is 1. The second-order valence-corrected chi connectivity index (χ2v) is 4.29. The zero-order valence-electron chi connectivity index (χ0n) is 11.1. The molecule has 124 valence electrons. The van der Waals surface area contributed by atoms with Gasteiger partial charge in [-0.1, -0.05) is 0 Å². The molecule has 0 spiro atoms. The molecule has 0 atom stereocenters. The number of rotatable bonds is 1. The van der Waals surface area contributed by atoms with Crippen LogP contribution in [0.1, 0.15) is 5.56 Å². The van der Waals surface area contributed by atoms with Crippen molar-refractivity contribution in [3.05, 3.63) is 57.1 Å². The highest BCUT2D eigenvalue weighted by atomic mass is 35.5. The molecule has 23 heavy (non-hydrogen) atoms. The van der Waals surface area contributed by atoms with E-state index in [1.807, 2.05) is 0 Å².